The molecule has 1 heterocycles. The topological polar surface area (TPSA) is 110 Å². The number of rotatable bonds is 3. The van der Waals surface area contributed by atoms with Crippen LogP contribution in [0.5, 0.6) is 0 Å². The average molecular weight is 315 g/mol. The molecule has 1 amide bonds. The molecule has 0 saturated carbocycles. The molecule has 9 heteroatoms. The van der Waals surface area contributed by atoms with Gasteiger partial charge in [0.05, 0.1) is 23.7 Å². The zero-order chi connectivity index (χ0) is 15.6. The molecule has 1 unspecified atom stereocenters. The van der Waals surface area contributed by atoms with Gasteiger partial charge < -0.3 is 14.7 Å². The molecule has 1 saturated heterocycles. The number of halogens is 1. The van der Waals surface area contributed by atoms with Crippen molar-refractivity contribution < 1.29 is 24.4 Å². The summed E-state index contributed by atoms with van der Waals surface area (Å²) >= 11 is 5.88. The second-order valence-electron chi connectivity index (χ2n) is 4.32. The lowest BCUT2D eigenvalue weighted by molar-refractivity contribution is -0.384. The van der Waals surface area contributed by atoms with Crippen LogP contribution in [0.2, 0.25) is 5.02 Å². The summed E-state index contributed by atoms with van der Waals surface area (Å²) in [6.07, 6.45) is 0. The summed E-state index contributed by atoms with van der Waals surface area (Å²) in [5.41, 5.74) is -0.498. The molecule has 0 aliphatic carbocycles. The zero-order valence-corrected chi connectivity index (χ0v) is 11.4. The van der Waals surface area contributed by atoms with Gasteiger partial charge in [-0.2, -0.15) is 0 Å². The molecule has 1 atom stereocenters. The number of carboxylic acids is 1. The van der Waals surface area contributed by atoms with E-state index in [0.717, 1.165) is 4.90 Å². The molecule has 2 rings (SSSR count). The average Bonchev–Trinajstić information content (AvgIpc) is 2.46. The fraction of sp³-hybridized carbons (Fsp3) is 0.333. The number of nitro groups is 1. The Hall–Kier alpha value is -2.19. The minimum atomic E-state index is -1.20. The summed E-state index contributed by atoms with van der Waals surface area (Å²) in [5, 5.41) is 19.6. The summed E-state index contributed by atoms with van der Waals surface area (Å²) in [5.74, 6) is -1.87. The lowest BCUT2D eigenvalue weighted by atomic mass is 10.1. The second kappa shape index (κ2) is 6.06. The number of nitrogens with zero attached hydrogens (tertiary/aromatic N) is 2. The third kappa shape index (κ3) is 2.96. The first-order valence-corrected chi connectivity index (χ1v) is 6.35. The number of hydrogen-bond acceptors (Lipinski definition) is 5. The van der Waals surface area contributed by atoms with Gasteiger partial charge >= 0.3 is 5.97 Å². The maximum absolute atomic E-state index is 12.4. The molecule has 0 radical (unpaired) electrons. The van der Waals surface area contributed by atoms with Crippen LogP contribution in [0.4, 0.5) is 5.69 Å². The van der Waals surface area contributed by atoms with Crippen LogP contribution in [-0.4, -0.2) is 52.6 Å². The van der Waals surface area contributed by atoms with Gasteiger partial charge in [0.15, 0.2) is 6.04 Å². The van der Waals surface area contributed by atoms with Crippen LogP contribution >= 0.6 is 11.6 Å². The van der Waals surface area contributed by atoms with Crippen molar-refractivity contribution in [2.24, 2.45) is 0 Å². The van der Waals surface area contributed by atoms with Crippen molar-refractivity contribution in [3.8, 4) is 0 Å². The van der Waals surface area contributed by atoms with Gasteiger partial charge in [-0.3, -0.25) is 14.9 Å². The summed E-state index contributed by atoms with van der Waals surface area (Å²) < 4.78 is 5.04. The van der Waals surface area contributed by atoms with Crippen molar-refractivity contribution in [3.05, 3.63) is 38.9 Å². The SMILES string of the molecule is O=C(O)C1COCCN1C(=O)c1cccc([N+](=O)[O-])c1Cl. The van der Waals surface area contributed by atoms with Crippen molar-refractivity contribution in [2.45, 2.75) is 6.04 Å². The third-order valence-corrected chi connectivity index (χ3v) is 3.48. The second-order valence-corrected chi connectivity index (χ2v) is 4.70. The van der Waals surface area contributed by atoms with E-state index in [-0.39, 0.29) is 30.3 Å². The molecule has 1 aliphatic heterocycles. The highest BCUT2D eigenvalue weighted by molar-refractivity contribution is 6.35. The molecular formula is C12H11ClN2O6. The smallest absolute Gasteiger partial charge is 0.328 e. The summed E-state index contributed by atoms with van der Waals surface area (Å²) in [4.78, 5) is 34.8. The van der Waals surface area contributed by atoms with Crippen molar-refractivity contribution in [1.29, 1.82) is 0 Å². The van der Waals surface area contributed by atoms with Gasteiger partial charge in [-0.25, -0.2) is 4.79 Å². The van der Waals surface area contributed by atoms with E-state index in [9.17, 15) is 19.7 Å². The summed E-state index contributed by atoms with van der Waals surface area (Å²) in [6, 6.07) is 2.69. The van der Waals surface area contributed by atoms with E-state index >= 15 is 0 Å². The van der Waals surface area contributed by atoms with Crippen LogP contribution in [-0.2, 0) is 9.53 Å². The molecule has 1 fully saturated rings. The number of aliphatic carboxylic acids is 1. The first kappa shape index (κ1) is 15.2. The van der Waals surface area contributed by atoms with Gasteiger partial charge in [-0.15, -0.1) is 0 Å². The first-order chi connectivity index (χ1) is 9.93. The van der Waals surface area contributed by atoms with Gasteiger partial charge in [0.1, 0.15) is 5.02 Å². The molecule has 1 aliphatic rings. The van der Waals surface area contributed by atoms with E-state index in [4.69, 9.17) is 21.4 Å². The predicted octanol–water partition coefficient (Wildman–Crippen LogP) is 1.17. The summed E-state index contributed by atoms with van der Waals surface area (Å²) in [7, 11) is 0. The third-order valence-electron chi connectivity index (χ3n) is 3.08. The van der Waals surface area contributed by atoms with E-state index in [0.29, 0.717) is 0 Å². The molecule has 8 nitrogen and oxygen atoms in total. The largest absolute Gasteiger partial charge is 0.480 e. The van der Waals surface area contributed by atoms with Crippen LogP contribution in [0.1, 0.15) is 10.4 Å². The highest BCUT2D eigenvalue weighted by Gasteiger charge is 2.35. The number of nitro benzene ring substituents is 1. The Morgan fingerprint density at radius 1 is 1.48 bits per heavy atom. The predicted molar refractivity (Wildman–Crippen MR) is 71.4 cm³/mol. The number of carboxylic acid groups (broad SMARTS) is 1. The highest BCUT2D eigenvalue weighted by atomic mass is 35.5. The van der Waals surface area contributed by atoms with Gasteiger partial charge in [0.2, 0.25) is 0 Å². The number of carbonyl (C=O) groups is 2. The normalized spacial score (nSPS) is 18.3. The summed E-state index contributed by atoms with van der Waals surface area (Å²) in [6.45, 7) is 0.143. The molecule has 1 aromatic rings. The van der Waals surface area contributed by atoms with Crippen LogP contribution in [0.3, 0.4) is 0 Å². The van der Waals surface area contributed by atoms with E-state index in [1.807, 2.05) is 0 Å². The quantitative estimate of drug-likeness (QED) is 0.662. The van der Waals surface area contributed by atoms with E-state index < -0.39 is 28.5 Å². The Balaban J connectivity index is 2.37. The lowest BCUT2D eigenvalue weighted by Gasteiger charge is -2.33. The minimum Gasteiger partial charge on any atom is -0.480 e. The maximum Gasteiger partial charge on any atom is 0.328 e. The Bertz CT molecular complexity index is 605. The van der Waals surface area contributed by atoms with Crippen molar-refractivity contribution in [3.63, 3.8) is 0 Å². The van der Waals surface area contributed by atoms with Gasteiger partial charge in [-0.1, -0.05) is 17.7 Å². The van der Waals surface area contributed by atoms with E-state index in [2.05, 4.69) is 0 Å². The van der Waals surface area contributed by atoms with E-state index in [1.54, 1.807) is 0 Å². The molecular weight excluding hydrogens is 304 g/mol. The number of carbonyl (C=O) groups excluding carboxylic acids is 1. The Morgan fingerprint density at radius 2 is 2.19 bits per heavy atom. The number of benzene rings is 1. The van der Waals surface area contributed by atoms with Gasteiger partial charge in [-0.05, 0) is 6.07 Å². The van der Waals surface area contributed by atoms with Crippen LogP contribution in [0.15, 0.2) is 18.2 Å². The van der Waals surface area contributed by atoms with Crippen LogP contribution in [0, 0.1) is 10.1 Å². The van der Waals surface area contributed by atoms with Crippen LogP contribution in [0.25, 0.3) is 0 Å². The standard InChI is InChI=1S/C12H11ClN2O6/c13-10-7(2-1-3-8(10)15(19)20)11(16)14-4-5-21-6-9(14)12(17)18/h1-3,9H,4-6H2,(H,17,18). The lowest BCUT2D eigenvalue weighted by Crippen LogP contribution is -2.52. The van der Waals surface area contributed by atoms with Crippen molar-refractivity contribution in [2.75, 3.05) is 19.8 Å². The Kier molecular flexibility index (Phi) is 4.39. The number of ether oxygens (including phenoxy) is 1. The zero-order valence-electron chi connectivity index (χ0n) is 10.7. The van der Waals surface area contributed by atoms with Crippen molar-refractivity contribution in [1.82, 2.24) is 4.90 Å². The monoisotopic (exact) mass is 314 g/mol. The van der Waals surface area contributed by atoms with Gasteiger partial charge in [0.25, 0.3) is 11.6 Å². The molecule has 21 heavy (non-hydrogen) atoms. The van der Waals surface area contributed by atoms with Crippen molar-refractivity contribution >= 4 is 29.2 Å². The molecule has 0 bridgehead atoms. The number of hydrogen-bond donors (Lipinski definition) is 1. The van der Waals surface area contributed by atoms with E-state index in [1.165, 1.54) is 18.2 Å². The molecule has 1 aromatic carbocycles. The van der Waals surface area contributed by atoms with Crippen LogP contribution < -0.4 is 0 Å². The molecule has 1 N–H and O–H groups in total. The number of amides is 1. The Labute approximate surface area is 124 Å². The Morgan fingerprint density at radius 3 is 2.81 bits per heavy atom. The fourth-order valence-corrected chi connectivity index (χ4v) is 2.31. The maximum atomic E-state index is 12.4. The fourth-order valence-electron chi connectivity index (χ4n) is 2.03. The van der Waals surface area contributed by atoms with Gasteiger partial charge in [0, 0.05) is 12.6 Å². The molecule has 0 spiro atoms. The highest BCUT2D eigenvalue weighted by Crippen LogP contribution is 2.29. The minimum absolute atomic E-state index is 0.0782. The first-order valence-electron chi connectivity index (χ1n) is 5.98. The molecule has 112 valence electrons. The molecule has 0 aromatic heterocycles. The number of morpholine rings is 1.